The quantitative estimate of drug-likeness (QED) is 0.710. The van der Waals surface area contributed by atoms with E-state index in [1.165, 1.54) is 17.0 Å². The Labute approximate surface area is 166 Å². The molecule has 0 bridgehead atoms. The monoisotopic (exact) mass is 394 g/mol. The van der Waals surface area contributed by atoms with Crippen LogP contribution in [-0.4, -0.2) is 44.0 Å². The number of hydrogen-bond donors (Lipinski definition) is 1. The van der Waals surface area contributed by atoms with Crippen LogP contribution in [0, 0.1) is 11.7 Å². The highest BCUT2D eigenvalue weighted by Crippen LogP contribution is 2.37. The van der Waals surface area contributed by atoms with E-state index in [4.69, 9.17) is 0 Å². The summed E-state index contributed by atoms with van der Waals surface area (Å²) in [6.45, 7) is 0.116. The van der Waals surface area contributed by atoms with Crippen molar-refractivity contribution in [2.24, 2.45) is 5.92 Å². The lowest BCUT2D eigenvalue weighted by atomic mass is 9.93. The predicted molar refractivity (Wildman–Crippen MR) is 101 cm³/mol. The highest BCUT2D eigenvalue weighted by Gasteiger charge is 2.42. The third kappa shape index (κ3) is 3.71. The van der Waals surface area contributed by atoms with Gasteiger partial charge in [-0.1, -0.05) is 30.3 Å². The summed E-state index contributed by atoms with van der Waals surface area (Å²) in [6, 6.07) is 14.7. The molecule has 0 spiro atoms. The van der Waals surface area contributed by atoms with Gasteiger partial charge < -0.3 is 10.2 Å². The van der Waals surface area contributed by atoms with Crippen molar-refractivity contribution in [3.8, 4) is 5.69 Å². The number of rotatable bonds is 5. The second-order valence-corrected chi connectivity index (χ2v) is 6.87. The number of aromatic nitrogens is 4. The fraction of sp³-hybridized carbons (Fsp3) is 0.250. The van der Waals surface area contributed by atoms with E-state index in [-0.39, 0.29) is 30.6 Å². The van der Waals surface area contributed by atoms with Gasteiger partial charge in [0.05, 0.1) is 24.2 Å². The van der Waals surface area contributed by atoms with Crippen LogP contribution in [0.25, 0.3) is 5.69 Å². The summed E-state index contributed by atoms with van der Waals surface area (Å²) in [5, 5.41) is 14.5. The summed E-state index contributed by atoms with van der Waals surface area (Å²) in [7, 11) is 1.65. The van der Waals surface area contributed by atoms with Crippen LogP contribution in [0.2, 0.25) is 0 Å². The zero-order valence-corrected chi connectivity index (χ0v) is 15.7. The maximum absolute atomic E-state index is 13.3. The summed E-state index contributed by atoms with van der Waals surface area (Å²) in [5.41, 5.74) is 1.50. The smallest absolute Gasteiger partial charge is 0.226 e. The SMILES string of the molecule is CN1C(=O)C[C@H](C(=O)NCc2nnnn2-c2ccccc2)[C@H]1c1ccc(F)cc1. The number of benzene rings is 2. The van der Waals surface area contributed by atoms with E-state index in [1.54, 1.807) is 23.9 Å². The first-order valence-corrected chi connectivity index (χ1v) is 9.16. The van der Waals surface area contributed by atoms with Crippen LogP contribution in [0.5, 0.6) is 0 Å². The second-order valence-electron chi connectivity index (χ2n) is 6.87. The maximum atomic E-state index is 13.3. The fourth-order valence-corrected chi connectivity index (χ4v) is 3.60. The van der Waals surface area contributed by atoms with Crippen molar-refractivity contribution < 1.29 is 14.0 Å². The fourth-order valence-electron chi connectivity index (χ4n) is 3.60. The minimum absolute atomic E-state index is 0.0913. The molecule has 1 aliphatic heterocycles. The molecule has 2 heterocycles. The number of hydrogen-bond acceptors (Lipinski definition) is 5. The van der Waals surface area contributed by atoms with Gasteiger partial charge in [0.15, 0.2) is 5.82 Å². The largest absolute Gasteiger partial charge is 0.348 e. The zero-order valence-electron chi connectivity index (χ0n) is 15.7. The van der Waals surface area contributed by atoms with Gasteiger partial charge in [-0.3, -0.25) is 9.59 Å². The molecule has 2 atom stereocenters. The van der Waals surface area contributed by atoms with Crippen molar-refractivity contribution in [3.63, 3.8) is 0 Å². The Hall–Kier alpha value is -3.62. The van der Waals surface area contributed by atoms with E-state index in [1.807, 2.05) is 30.3 Å². The molecule has 4 rings (SSSR count). The van der Waals surface area contributed by atoms with E-state index < -0.39 is 12.0 Å². The van der Waals surface area contributed by atoms with Crippen LogP contribution in [0.1, 0.15) is 23.9 Å². The molecule has 1 saturated heterocycles. The van der Waals surface area contributed by atoms with Crippen LogP contribution in [-0.2, 0) is 16.1 Å². The Kier molecular flexibility index (Phi) is 5.03. The molecule has 0 aliphatic carbocycles. The van der Waals surface area contributed by atoms with Gasteiger partial charge in [0.25, 0.3) is 0 Å². The highest BCUT2D eigenvalue weighted by molar-refractivity contribution is 5.90. The number of halogens is 1. The van der Waals surface area contributed by atoms with Gasteiger partial charge in [0.2, 0.25) is 11.8 Å². The average molecular weight is 394 g/mol. The van der Waals surface area contributed by atoms with Gasteiger partial charge in [-0.2, -0.15) is 4.68 Å². The average Bonchev–Trinajstić information content (AvgIpc) is 3.32. The molecule has 0 radical (unpaired) electrons. The maximum Gasteiger partial charge on any atom is 0.226 e. The molecular weight excluding hydrogens is 375 g/mol. The van der Waals surface area contributed by atoms with Crippen molar-refractivity contribution in [1.82, 2.24) is 30.4 Å². The van der Waals surface area contributed by atoms with Gasteiger partial charge in [-0.05, 0) is 40.3 Å². The Morgan fingerprint density at radius 3 is 2.62 bits per heavy atom. The van der Waals surface area contributed by atoms with Crippen LogP contribution < -0.4 is 5.32 Å². The first-order chi connectivity index (χ1) is 14.0. The number of likely N-dealkylation sites (tertiary alicyclic amines) is 1. The molecule has 9 heteroatoms. The molecule has 2 aromatic carbocycles. The van der Waals surface area contributed by atoms with E-state index >= 15 is 0 Å². The first kappa shape index (κ1) is 18.7. The number of tetrazole rings is 1. The predicted octanol–water partition coefficient (Wildman–Crippen LogP) is 1.64. The molecule has 1 fully saturated rings. The van der Waals surface area contributed by atoms with Crippen molar-refractivity contribution >= 4 is 11.8 Å². The Balaban J connectivity index is 1.50. The lowest BCUT2D eigenvalue weighted by Gasteiger charge is -2.24. The normalized spacial score (nSPS) is 18.8. The van der Waals surface area contributed by atoms with E-state index in [9.17, 15) is 14.0 Å². The summed E-state index contributed by atoms with van der Waals surface area (Å²) in [4.78, 5) is 26.7. The van der Waals surface area contributed by atoms with Gasteiger partial charge in [0, 0.05) is 13.5 Å². The van der Waals surface area contributed by atoms with Crippen LogP contribution in [0.4, 0.5) is 4.39 Å². The first-order valence-electron chi connectivity index (χ1n) is 9.16. The molecule has 1 N–H and O–H groups in total. The lowest BCUT2D eigenvalue weighted by Crippen LogP contribution is -2.34. The van der Waals surface area contributed by atoms with Crippen molar-refractivity contribution in [1.29, 1.82) is 0 Å². The Morgan fingerprint density at radius 2 is 1.90 bits per heavy atom. The third-order valence-corrected chi connectivity index (χ3v) is 5.09. The number of para-hydroxylation sites is 1. The molecule has 2 amide bonds. The van der Waals surface area contributed by atoms with E-state index in [0.29, 0.717) is 11.4 Å². The lowest BCUT2D eigenvalue weighted by molar-refractivity contribution is -0.128. The third-order valence-electron chi connectivity index (χ3n) is 5.09. The molecule has 8 nitrogen and oxygen atoms in total. The molecule has 0 saturated carbocycles. The minimum atomic E-state index is -0.584. The number of carbonyl (C=O) groups is 2. The van der Waals surface area contributed by atoms with Crippen LogP contribution >= 0.6 is 0 Å². The summed E-state index contributed by atoms with van der Waals surface area (Å²) in [5.74, 6) is -0.887. The zero-order chi connectivity index (χ0) is 20.4. The molecule has 3 aromatic rings. The number of carbonyl (C=O) groups excluding carboxylic acids is 2. The summed E-state index contributed by atoms with van der Waals surface area (Å²) < 4.78 is 14.8. The van der Waals surface area contributed by atoms with Crippen molar-refractivity contribution in [2.45, 2.75) is 19.0 Å². The van der Waals surface area contributed by atoms with Gasteiger partial charge in [-0.25, -0.2) is 4.39 Å². The second kappa shape index (κ2) is 7.78. The van der Waals surface area contributed by atoms with Crippen LogP contribution in [0.3, 0.4) is 0 Å². The number of nitrogens with zero attached hydrogens (tertiary/aromatic N) is 5. The summed E-state index contributed by atoms with van der Waals surface area (Å²) in [6.07, 6.45) is 0.0913. The molecule has 1 aliphatic rings. The van der Waals surface area contributed by atoms with Gasteiger partial charge in [0.1, 0.15) is 5.82 Å². The Morgan fingerprint density at radius 1 is 1.17 bits per heavy atom. The molecule has 29 heavy (non-hydrogen) atoms. The standard InChI is InChI=1S/C20H19FN6O2/c1-26-18(28)11-16(19(26)13-7-9-14(21)10-8-13)20(29)22-12-17-23-24-25-27(17)15-5-3-2-4-6-15/h2-10,16,19H,11-12H2,1H3,(H,22,29)/t16-,19+/m0/s1. The molecule has 1 aromatic heterocycles. The summed E-state index contributed by atoms with van der Waals surface area (Å²) >= 11 is 0. The van der Waals surface area contributed by atoms with Gasteiger partial charge >= 0.3 is 0 Å². The van der Waals surface area contributed by atoms with E-state index in [0.717, 1.165) is 5.69 Å². The topological polar surface area (TPSA) is 93.0 Å². The molecular formula is C20H19FN6O2. The molecule has 0 unspecified atom stereocenters. The highest BCUT2D eigenvalue weighted by atomic mass is 19.1. The van der Waals surface area contributed by atoms with E-state index in [2.05, 4.69) is 20.8 Å². The Bertz CT molecular complexity index is 1020. The van der Waals surface area contributed by atoms with Gasteiger partial charge in [-0.15, -0.1) is 5.10 Å². The van der Waals surface area contributed by atoms with Crippen molar-refractivity contribution in [2.75, 3.05) is 7.05 Å². The molecule has 148 valence electrons. The van der Waals surface area contributed by atoms with Crippen LogP contribution in [0.15, 0.2) is 54.6 Å². The number of nitrogens with one attached hydrogen (secondary N) is 1. The number of amides is 2. The van der Waals surface area contributed by atoms with Crippen molar-refractivity contribution in [3.05, 3.63) is 71.8 Å². The minimum Gasteiger partial charge on any atom is -0.348 e.